The van der Waals surface area contributed by atoms with Crippen molar-refractivity contribution in [1.29, 1.82) is 0 Å². The van der Waals surface area contributed by atoms with Gasteiger partial charge in [0.2, 0.25) is 11.0 Å². The van der Waals surface area contributed by atoms with Gasteiger partial charge in [-0.1, -0.05) is 25.2 Å². The number of rotatable bonds is 3. The van der Waals surface area contributed by atoms with Gasteiger partial charge in [0.1, 0.15) is 0 Å². The van der Waals surface area contributed by atoms with Crippen molar-refractivity contribution in [3.63, 3.8) is 0 Å². The van der Waals surface area contributed by atoms with Crippen LogP contribution in [0.25, 0.3) is 0 Å². The quantitative estimate of drug-likeness (QED) is 0.883. The molecule has 0 aliphatic heterocycles. The first kappa shape index (κ1) is 12.6. The van der Waals surface area contributed by atoms with Gasteiger partial charge in [-0.05, 0) is 6.92 Å². The summed E-state index contributed by atoms with van der Waals surface area (Å²) in [5, 5.41) is 1.67. The average molecular weight is 265 g/mol. The van der Waals surface area contributed by atoms with Gasteiger partial charge in [-0.25, -0.2) is 9.97 Å². The lowest BCUT2D eigenvalue weighted by atomic mass is 10.1. The number of hydrogen-bond acceptors (Lipinski definition) is 7. The van der Waals surface area contributed by atoms with Crippen LogP contribution in [0.15, 0.2) is 6.20 Å². The maximum Gasteiger partial charge on any atom is 0.222 e. The zero-order valence-electron chi connectivity index (χ0n) is 10.5. The lowest BCUT2D eigenvalue weighted by Crippen LogP contribution is -2.01. The maximum absolute atomic E-state index is 5.73. The lowest BCUT2D eigenvalue weighted by Gasteiger charge is -2.08. The van der Waals surface area contributed by atoms with Crippen LogP contribution in [0.1, 0.15) is 30.5 Å². The van der Waals surface area contributed by atoms with E-state index in [1.807, 2.05) is 6.92 Å². The minimum absolute atomic E-state index is 0.129. The third-order valence-electron chi connectivity index (χ3n) is 2.28. The molecule has 0 aromatic carbocycles. The number of thiazole rings is 1. The minimum Gasteiger partial charge on any atom is -0.439 e. The summed E-state index contributed by atoms with van der Waals surface area (Å²) in [7, 11) is 0. The van der Waals surface area contributed by atoms with Gasteiger partial charge in [0.15, 0.2) is 11.6 Å². The fourth-order valence-corrected chi connectivity index (χ4v) is 2.37. The first-order chi connectivity index (χ1) is 8.47. The van der Waals surface area contributed by atoms with E-state index in [1.165, 1.54) is 17.5 Å². The van der Waals surface area contributed by atoms with Crippen molar-refractivity contribution in [1.82, 2.24) is 15.0 Å². The molecule has 96 valence electrons. The van der Waals surface area contributed by atoms with Crippen molar-refractivity contribution in [2.75, 3.05) is 11.5 Å². The van der Waals surface area contributed by atoms with E-state index in [2.05, 4.69) is 28.8 Å². The summed E-state index contributed by atoms with van der Waals surface area (Å²) in [4.78, 5) is 12.2. The number of ether oxygens (including phenoxy) is 1. The van der Waals surface area contributed by atoms with E-state index in [4.69, 9.17) is 16.2 Å². The van der Waals surface area contributed by atoms with Crippen molar-refractivity contribution < 1.29 is 4.74 Å². The summed E-state index contributed by atoms with van der Waals surface area (Å²) in [6.07, 6.45) is 1.47. The molecule has 0 bridgehead atoms. The Morgan fingerprint density at radius 2 is 2.00 bits per heavy atom. The molecule has 2 aromatic heterocycles. The molecule has 2 rings (SSSR count). The van der Waals surface area contributed by atoms with Crippen LogP contribution in [0.3, 0.4) is 0 Å². The molecule has 0 unspecified atom stereocenters. The van der Waals surface area contributed by atoms with E-state index < -0.39 is 0 Å². The first-order valence-electron chi connectivity index (χ1n) is 5.50. The van der Waals surface area contributed by atoms with Crippen LogP contribution in [0, 0.1) is 6.92 Å². The fraction of sp³-hybridized carbons (Fsp3) is 0.364. The van der Waals surface area contributed by atoms with Crippen molar-refractivity contribution in [2.24, 2.45) is 0 Å². The number of anilines is 2. The third-order valence-corrected chi connectivity index (χ3v) is 3.14. The maximum atomic E-state index is 5.73. The second-order valence-corrected chi connectivity index (χ2v) is 5.31. The van der Waals surface area contributed by atoms with Crippen LogP contribution in [0.4, 0.5) is 11.8 Å². The number of nitrogens with two attached hydrogens (primary N) is 2. The molecule has 2 aromatic rings. The van der Waals surface area contributed by atoms with E-state index >= 15 is 0 Å². The summed E-state index contributed by atoms with van der Waals surface area (Å²) in [6, 6.07) is 0. The molecular formula is C11H15N5OS. The average Bonchev–Trinajstić information content (AvgIpc) is 2.64. The van der Waals surface area contributed by atoms with Gasteiger partial charge in [-0.15, -0.1) is 0 Å². The van der Waals surface area contributed by atoms with Gasteiger partial charge in [0.25, 0.3) is 0 Å². The highest BCUT2D eigenvalue weighted by molar-refractivity contribution is 7.13. The molecule has 2 heterocycles. The summed E-state index contributed by atoms with van der Waals surface area (Å²) >= 11 is 1.47. The Morgan fingerprint density at radius 1 is 1.28 bits per heavy atom. The predicted octanol–water partition coefficient (Wildman–Crippen LogP) is 2.32. The molecule has 0 aliphatic carbocycles. The van der Waals surface area contributed by atoms with Crippen LogP contribution in [-0.4, -0.2) is 15.0 Å². The Bertz CT molecular complexity index is 567. The van der Waals surface area contributed by atoms with E-state index in [9.17, 15) is 0 Å². The van der Waals surface area contributed by atoms with E-state index in [1.54, 1.807) is 0 Å². The van der Waals surface area contributed by atoms with E-state index in [0.29, 0.717) is 5.75 Å². The molecule has 0 aliphatic rings. The van der Waals surface area contributed by atoms with Crippen molar-refractivity contribution >= 4 is 23.1 Å². The number of aryl methyl sites for hydroxylation is 1. The van der Waals surface area contributed by atoms with E-state index in [-0.39, 0.29) is 17.7 Å². The van der Waals surface area contributed by atoms with Crippen LogP contribution < -0.4 is 16.2 Å². The second kappa shape index (κ2) is 4.77. The van der Waals surface area contributed by atoms with Crippen molar-refractivity contribution in [3.8, 4) is 10.8 Å². The van der Waals surface area contributed by atoms with Gasteiger partial charge in [-0.2, -0.15) is 4.98 Å². The Morgan fingerprint density at radius 3 is 2.61 bits per heavy atom. The largest absolute Gasteiger partial charge is 0.439 e. The normalized spacial score (nSPS) is 10.9. The lowest BCUT2D eigenvalue weighted by molar-refractivity contribution is 0.482. The standard InChI is InChI=1S/C11H15N5OS/c1-5(2)8-10(18-6(3)15-8)17-7-4-14-11(13)16-9(7)12/h4-5H,1-3H3,(H4,12,13,14,16). The van der Waals surface area contributed by atoms with Crippen molar-refractivity contribution in [2.45, 2.75) is 26.7 Å². The first-order valence-corrected chi connectivity index (χ1v) is 6.32. The molecule has 0 atom stereocenters. The third kappa shape index (κ3) is 2.51. The van der Waals surface area contributed by atoms with Gasteiger partial charge in [0.05, 0.1) is 16.9 Å². The van der Waals surface area contributed by atoms with Crippen LogP contribution in [-0.2, 0) is 0 Å². The Hall–Kier alpha value is -1.89. The molecule has 0 saturated carbocycles. The Kier molecular flexibility index (Phi) is 3.33. The Labute approximate surface area is 109 Å². The smallest absolute Gasteiger partial charge is 0.222 e. The van der Waals surface area contributed by atoms with Gasteiger partial charge in [-0.3, -0.25) is 0 Å². The predicted molar refractivity (Wildman–Crippen MR) is 71.9 cm³/mol. The molecule has 0 spiro atoms. The second-order valence-electron chi connectivity index (χ2n) is 4.14. The molecular weight excluding hydrogens is 250 g/mol. The van der Waals surface area contributed by atoms with Crippen LogP contribution in [0.5, 0.6) is 10.8 Å². The fourth-order valence-electron chi connectivity index (χ4n) is 1.44. The summed E-state index contributed by atoms with van der Waals surface area (Å²) in [5.74, 6) is 1.03. The molecule has 4 N–H and O–H groups in total. The molecule has 18 heavy (non-hydrogen) atoms. The van der Waals surface area contributed by atoms with E-state index in [0.717, 1.165) is 15.8 Å². The highest BCUT2D eigenvalue weighted by Crippen LogP contribution is 2.36. The van der Waals surface area contributed by atoms with Gasteiger partial charge < -0.3 is 16.2 Å². The molecule has 0 fully saturated rings. The minimum atomic E-state index is 0.129. The van der Waals surface area contributed by atoms with Crippen LogP contribution in [0.2, 0.25) is 0 Å². The molecule has 0 saturated heterocycles. The highest BCUT2D eigenvalue weighted by Gasteiger charge is 2.16. The highest BCUT2D eigenvalue weighted by atomic mass is 32.1. The molecule has 0 radical (unpaired) electrons. The molecule has 7 heteroatoms. The van der Waals surface area contributed by atoms with Crippen molar-refractivity contribution in [3.05, 3.63) is 16.9 Å². The number of nitrogens with zero attached hydrogens (tertiary/aromatic N) is 3. The zero-order chi connectivity index (χ0) is 13.3. The summed E-state index contributed by atoms with van der Waals surface area (Å²) in [6.45, 7) is 6.06. The van der Waals surface area contributed by atoms with Gasteiger partial charge >= 0.3 is 0 Å². The number of nitrogen functional groups attached to an aromatic ring is 2. The molecule has 6 nitrogen and oxygen atoms in total. The molecule has 0 amide bonds. The topological polar surface area (TPSA) is 99.9 Å². The monoisotopic (exact) mass is 265 g/mol. The summed E-state index contributed by atoms with van der Waals surface area (Å²) in [5.41, 5.74) is 12.1. The number of hydrogen-bond donors (Lipinski definition) is 2. The Balaban J connectivity index is 2.33. The van der Waals surface area contributed by atoms with Gasteiger partial charge in [0, 0.05) is 5.92 Å². The van der Waals surface area contributed by atoms with Crippen LogP contribution >= 0.6 is 11.3 Å². The summed E-state index contributed by atoms with van der Waals surface area (Å²) < 4.78 is 5.73. The zero-order valence-corrected chi connectivity index (χ0v) is 11.3. The number of aromatic nitrogens is 3. The SMILES string of the molecule is Cc1nc(C(C)C)c(Oc2cnc(N)nc2N)s1.